The molecule has 0 unspecified atom stereocenters. The zero-order chi connectivity index (χ0) is 15.4. The van der Waals surface area contributed by atoms with Crippen molar-refractivity contribution in [1.29, 1.82) is 0 Å². The van der Waals surface area contributed by atoms with E-state index in [1.807, 2.05) is 0 Å². The average Bonchev–Trinajstić information content (AvgIpc) is 2.34. The number of carboxylic acids is 1. The van der Waals surface area contributed by atoms with Gasteiger partial charge in [-0.25, -0.2) is 8.42 Å². The fourth-order valence-electron chi connectivity index (χ4n) is 1.62. The van der Waals surface area contributed by atoms with Crippen LogP contribution in [0, 0.1) is 0 Å². The van der Waals surface area contributed by atoms with Crippen molar-refractivity contribution in [2.75, 3.05) is 5.75 Å². The third kappa shape index (κ3) is 5.71. The van der Waals surface area contributed by atoms with Crippen LogP contribution >= 0.6 is 0 Å². The number of aliphatic hydroxyl groups is 1. The van der Waals surface area contributed by atoms with Crippen molar-refractivity contribution in [2.24, 2.45) is 0 Å². The van der Waals surface area contributed by atoms with Gasteiger partial charge in [-0.05, 0) is 44.4 Å². The van der Waals surface area contributed by atoms with Crippen LogP contribution < -0.4 is 0 Å². The van der Waals surface area contributed by atoms with Gasteiger partial charge in [0.25, 0.3) is 0 Å². The lowest BCUT2D eigenvalue weighted by Gasteiger charge is -2.16. The predicted octanol–water partition coefficient (Wildman–Crippen LogP) is 1.64. The summed E-state index contributed by atoms with van der Waals surface area (Å²) in [5.74, 6) is -1.00. The van der Waals surface area contributed by atoms with Gasteiger partial charge in [-0.2, -0.15) is 0 Å². The molecule has 2 N–H and O–H groups in total. The zero-order valence-electron chi connectivity index (χ0n) is 11.7. The molecule has 0 aromatic heterocycles. The van der Waals surface area contributed by atoms with Crippen LogP contribution in [-0.4, -0.2) is 36.0 Å². The molecule has 0 heterocycles. The van der Waals surface area contributed by atoms with Gasteiger partial charge in [-0.15, -0.1) is 0 Å². The van der Waals surface area contributed by atoms with Gasteiger partial charge in [-0.1, -0.05) is 12.1 Å². The van der Waals surface area contributed by atoms with E-state index in [0.29, 0.717) is 6.42 Å². The minimum Gasteiger partial charge on any atom is -0.481 e. The second-order valence-corrected chi connectivity index (χ2v) is 7.53. The Bertz CT molecular complexity index is 552. The monoisotopic (exact) mass is 300 g/mol. The van der Waals surface area contributed by atoms with E-state index in [9.17, 15) is 18.3 Å². The molecule has 0 saturated heterocycles. The van der Waals surface area contributed by atoms with Crippen LogP contribution in [0.3, 0.4) is 0 Å². The molecule has 0 spiro atoms. The Labute approximate surface area is 119 Å². The molecule has 0 amide bonds. The highest BCUT2D eigenvalue weighted by Crippen LogP contribution is 2.17. The van der Waals surface area contributed by atoms with Crippen molar-refractivity contribution in [3.05, 3.63) is 29.8 Å². The Morgan fingerprint density at radius 3 is 2.20 bits per heavy atom. The predicted molar refractivity (Wildman–Crippen MR) is 75.4 cm³/mol. The molecule has 112 valence electrons. The fraction of sp³-hybridized carbons (Fsp3) is 0.500. The molecular weight excluding hydrogens is 280 g/mol. The Balaban J connectivity index is 2.74. The van der Waals surface area contributed by atoms with E-state index >= 15 is 0 Å². The van der Waals surface area contributed by atoms with Crippen molar-refractivity contribution >= 4 is 15.8 Å². The molecule has 1 aromatic rings. The number of carbonyl (C=O) groups is 1. The minimum absolute atomic E-state index is 0.0186. The molecule has 0 bridgehead atoms. The maximum Gasteiger partial charge on any atom is 0.303 e. The molecule has 0 atom stereocenters. The molecule has 5 nitrogen and oxygen atoms in total. The van der Waals surface area contributed by atoms with Crippen molar-refractivity contribution in [3.8, 4) is 0 Å². The molecule has 20 heavy (non-hydrogen) atoms. The number of hydrogen-bond acceptors (Lipinski definition) is 4. The van der Waals surface area contributed by atoms with E-state index in [1.54, 1.807) is 26.0 Å². The highest BCUT2D eigenvalue weighted by Gasteiger charge is 2.20. The highest BCUT2D eigenvalue weighted by atomic mass is 32.2. The van der Waals surface area contributed by atoms with E-state index in [0.717, 1.165) is 5.56 Å². The van der Waals surface area contributed by atoms with Crippen LogP contribution in [0.1, 0.15) is 32.3 Å². The Morgan fingerprint density at radius 2 is 1.75 bits per heavy atom. The number of aryl methyl sites for hydroxylation is 1. The first kappa shape index (κ1) is 16.7. The lowest BCUT2D eigenvalue weighted by atomic mass is 10.1. The van der Waals surface area contributed by atoms with E-state index in [1.165, 1.54) is 12.1 Å². The lowest BCUT2D eigenvalue weighted by molar-refractivity contribution is -0.136. The van der Waals surface area contributed by atoms with Crippen LogP contribution in [0.4, 0.5) is 0 Å². The van der Waals surface area contributed by atoms with Gasteiger partial charge in [-0.3, -0.25) is 4.79 Å². The van der Waals surface area contributed by atoms with E-state index in [-0.39, 0.29) is 23.5 Å². The summed E-state index contributed by atoms with van der Waals surface area (Å²) in [7, 11) is -3.42. The first-order valence-electron chi connectivity index (χ1n) is 6.36. The molecular formula is C14H20O5S. The fourth-order valence-corrected chi connectivity index (χ4v) is 3.17. The van der Waals surface area contributed by atoms with E-state index in [2.05, 4.69) is 0 Å². The molecule has 0 radical (unpaired) electrons. The van der Waals surface area contributed by atoms with Crippen molar-refractivity contribution < 1.29 is 23.4 Å². The summed E-state index contributed by atoms with van der Waals surface area (Å²) in [6.07, 6.45) is 0.556. The molecule has 0 saturated carbocycles. The minimum atomic E-state index is -3.42. The second kappa shape index (κ2) is 6.37. The SMILES string of the molecule is CC(C)(O)CCS(=O)(=O)c1ccc(CCC(=O)O)cc1. The van der Waals surface area contributed by atoms with Crippen molar-refractivity contribution in [1.82, 2.24) is 0 Å². The summed E-state index contributed by atoms with van der Waals surface area (Å²) in [5, 5.41) is 18.2. The molecule has 1 aromatic carbocycles. The third-order valence-corrected chi connectivity index (χ3v) is 4.62. The lowest BCUT2D eigenvalue weighted by Crippen LogP contribution is -2.23. The topological polar surface area (TPSA) is 91.7 Å². The second-order valence-electron chi connectivity index (χ2n) is 5.42. The van der Waals surface area contributed by atoms with Crippen molar-refractivity contribution in [3.63, 3.8) is 0 Å². The smallest absolute Gasteiger partial charge is 0.303 e. The largest absolute Gasteiger partial charge is 0.481 e. The molecule has 0 aliphatic heterocycles. The Kier molecular flexibility index (Phi) is 5.30. The summed E-state index contributed by atoms with van der Waals surface area (Å²) < 4.78 is 24.1. The quantitative estimate of drug-likeness (QED) is 0.798. The van der Waals surface area contributed by atoms with Crippen LogP contribution in [0.2, 0.25) is 0 Å². The summed E-state index contributed by atoms with van der Waals surface area (Å²) in [4.78, 5) is 10.7. The number of carboxylic acid groups (broad SMARTS) is 1. The van der Waals surface area contributed by atoms with E-state index in [4.69, 9.17) is 5.11 Å². The maximum atomic E-state index is 12.1. The zero-order valence-corrected chi connectivity index (χ0v) is 12.5. The molecule has 0 fully saturated rings. The first-order valence-corrected chi connectivity index (χ1v) is 8.01. The molecule has 6 heteroatoms. The number of rotatable bonds is 7. The van der Waals surface area contributed by atoms with Gasteiger partial charge in [0.2, 0.25) is 0 Å². The highest BCUT2D eigenvalue weighted by molar-refractivity contribution is 7.91. The number of benzene rings is 1. The number of sulfone groups is 1. The van der Waals surface area contributed by atoms with Crippen LogP contribution in [0.5, 0.6) is 0 Å². The van der Waals surface area contributed by atoms with Crippen LogP contribution in [0.25, 0.3) is 0 Å². The summed E-state index contributed by atoms with van der Waals surface area (Å²) >= 11 is 0. The van der Waals surface area contributed by atoms with E-state index < -0.39 is 21.4 Å². The summed E-state index contributed by atoms with van der Waals surface area (Å²) in [6.45, 7) is 3.13. The first-order chi connectivity index (χ1) is 9.10. The maximum absolute atomic E-state index is 12.1. The number of aliphatic carboxylic acids is 1. The van der Waals surface area contributed by atoms with Crippen LogP contribution in [-0.2, 0) is 21.1 Å². The molecule has 0 aliphatic rings. The molecule has 0 aliphatic carbocycles. The number of hydrogen-bond donors (Lipinski definition) is 2. The van der Waals surface area contributed by atoms with Gasteiger partial charge < -0.3 is 10.2 Å². The summed E-state index contributed by atoms with van der Waals surface area (Å²) in [6, 6.07) is 6.22. The third-order valence-electron chi connectivity index (χ3n) is 2.89. The summed E-state index contributed by atoms with van der Waals surface area (Å²) in [5.41, 5.74) is -0.233. The standard InChI is InChI=1S/C14H20O5S/c1-14(2,17)9-10-20(18,19)12-6-3-11(4-7-12)5-8-13(15)16/h3-4,6-7,17H,5,8-10H2,1-2H3,(H,15,16). The Hall–Kier alpha value is -1.40. The van der Waals surface area contributed by atoms with Crippen LogP contribution in [0.15, 0.2) is 29.2 Å². The van der Waals surface area contributed by atoms with Gasteiger partial charge in [0, 0.05) is 6.42 Å². The Morgan fingerprint density at radius 1 is 1.20 bits per heavy atom. The van der Waals surface area contributed by atoms with Crippen molar-refractivity contribution in [2.45, 2.75) is 43.6 Å². The van der Waals surface area contributed by atoms with Gasteiger partial charge in [0.05, 0.1) is 16.2 Å². The molecule has 1 rings (SSSR count). The normalized spacial score (nSPS) is 12.3. The van der Waals surface area contributed by atoms with Gasteiger partial charge >= 0.3 is 5.97 Å². The van der Waals surface area contributed by atoms with Gasteiger partial charge in [0.15, 0.2) is 9.84 Å². The average molecular weight is 300 g/mol. The van der Waals surface area contributed by atoms with Gasteiger partial charge in [0.1, 0.15) is 0 Å².